The first kappa shape index (κ1) is 12.3. The fraction of sp³-hybridized carbons (Fsp3) is 0.0769. The van der Waals surface area contributed by atoms with E-state index in [0.717, 1.165) is 15.8 Å². The van der Waals surface area contributed by atoms with E-state index in [0.29, 0.717) is 22.5 Å². The lowest BCUT2D eigenvalue weighted by atomic mass is 10.1. The van der Waals surface area contributed by atoms with Crippen molar-refractivity contribution in [3.8, 4) is 10.9 Å². The van der Waals surface area contributed by atoms with E-state index in [1.807, 2.05) is 36.4 Å². The van der Waals surface area contributed by atoms with Crippen LogP contribution in [-0.4, -0.2) is 10.2 Å². The summed E-state index contributed by atoms with van der Waals surface area (Å²) < 4.78 is 5.76. The molecule has 1 heterocycles. The summed E-state index contributed by atoms with van der Waals surface area (Å²) >= 11 is 7.50. The Labute approximate surface area is 118 Å². The maximum Gasteiger partial charge on any atom is 0.299 e. The zero-order valence-electron chi connectivity index (χ0n) is 9.84. The minimum absolute atomic E-state index is 0.363. The Morgan fingerprint density at radius 3 is 2.63 bits per heavy atom. The van der Waals surface area contributed by atoms with Gasteiger partial charge in [-0.15, -0.1) is 5.10 Å². The number of halogens is 1. The lowest BCUT2D eigenvalue weighted by Crippen LogP contribution is -1.94. The van der Waals surface area contributed by atoms with Crippen molar-refractivity contribution in [2.24, 2.45) is 5.73 Å². The van der Waals surface area contributed by atoms with E-state index < -0.39 is 0 Å². The van der Waals surface area contributed by atoms with Crippen LogP contribution in [0, 0.1) is 0 Å². The van der Waals surface area contributed by atoms with Crippen LogP contribution < -0.4 is 10.5 Å². The van der Waals surface area contributed by atoms with E-state index in [9.17, 15) is 0 Å². The number of benzene rings is 2. The van der Waals surface area contributed by atoms with Crippen LogP contribution >= 0.6 is 22.9 Å². The Kier molecular flexibility index (Phi) is 3.33. The first-order valence-electron chi connectivity index (χ1n) is 5.65. The molecule has 19 heavy (non-hydrogen) atoms. The van der Waals surface area contributed by atoms with E-state index >= 15 is 0 Å². The molecule has 0 aliphatic heterocycles. The van der Waals surface area contributed by atoms with Gasteiger partial charge in [-0.1, -0.05) is 52.3 Å². The molecule has 6 heteroatoms. The van der Waals surface area contributed by atoms with Crippen molar-refractivity contribution in [3.63, 3.8) is 0 Å². The number of hydrogen-bond acceptors (Lipinski definition) is 5. The second kappa shape index (κ2) is 5.13. The van der Waals surface area contributed by atoms with Gasteiger partial charge >= 0.3 is 0 Å². The highest BCUT2D eigenvalue weighted by Gasteiger charge is 2.09. The molecule has 0 fully saturated rings. The van der Waals surface area contributed by atoms with Gasteiger partial charge in [0, 0.05) is 22.3 Å². The molecule has 0 radical (unpaired) electrons. The number of nitrogens with two attached hydrogens (primary N) is 1. The molecular formula is C13H10ClN3OS. The van der Waals surface area contributed by atoms with E-state index in [4.69, 9.17) is 22.1 Å². The zero-order valence-corrected chi connectivity index (χ0v) is 11.4. The molecule has 0 aliphatic rings. The standard InChI is InChI=1S/C13H10ClN3OS/c14-10-5-6-11(9-4-2-1-3-8(9)10)18-13-17-16-12(7-15)19-13/h1-6H,7,15H2. The minimum Gasteiger partial charge on any atom is -0.429 e. The van der Waals surface area contributed by atoms with Crippen molar-refractivity contribution in [1.29, 1.82) is 0 Å². The third kappa shape index (κ3) is 2.40. The Morgan fingerprint density at radius 1 is 1.11 bits per heavy atom. The van der Waals surface area contributed by atoms with Gasteiger partial charge in [0.2, 0.25) is 0 Å². The Hall–Kier alpha value is -1.69. The van der Waals surface area contributed by atoms with Crippen molar-refractivity contribution >= 4 is 33.7 Å². The second-order valence-electron chi connectivity index (χ2n) is 3.86. The number of hydrogen-bond donors (Lipinski definition) is 1. The van der Waals surface area contributed by atoms with Crippen molar-refractivity contribution in [1.82, 2.24) is 10.2 Å². The number of fused-ring (bicyclic) bond motifs is 1. The average molecular weight is 292 g/mol. The molecule has 4 nitrogen and oxygen atoms in total. The van der Waals surface area contributed by atoms with E-state index in [2.05, 4.69) is 10.2 Å². The molecule has 2 N–H and O–H groups in total. The molecule has 0 saturated carbocycles. The molecule has 0 atom stereocenters. The predicted octanol–water partition coefficient (Wildman–Crippen LogP) is 3.60. The van der Waals surface area contributed by atoms with Crippen LogP contribution in [0.15, 0.2) is 36.4 Å². The molecule has 0 bridgehead atoms. The predicted molar refractivity (Wildman–Crippen MR) is 76.8 cm³/mol. The van der Waals surface area contributed by atoms with Gasteiger partial charge in [0.05, 0.1) is 0 Å². The summed E-state index contributed by atoms with van der Waals surface area (Å²) in [6.07, 6.45) is 0. The van der Waals surface area contributed by atoms with Gasteiger partial charge in [0.15, 0.2) is 0 Å². The molecular weight excluding hydrogens is 282 g/mol. The number of ether oxygens (including phenoxy) is 1. The highest BCUT2D eigenvalue weighted by atomic mass is 35.5. The van der Waals surface area contributed by atoms with Crippen LogP contribution in [0.4, 0.5) is 0 Å². The molecule has 0 aliphatic carbocycles. The van der Waals surface area contributed by atoms with Crippen molar-refractivity contribution in [3.05, 3.63) is 46.4 Å². The minimum atomic E-state index is 0.363. The van der Waals surface area contributed by atoms with E-state index in [1.165, 1.54) is 11.3 Å². The van der Waals surface area contributed by atoms with Gasteiger partial charge in [-0.25, -0.2) is 0 Å². The summed E-state index contributed by atoms with van der Waals surface area (Å²) in [5, 5.41) is 11.7. The number of rotatable bonds is 3. The van der Waals surface area contributed by atoms with E-state index in [-0.39, 0.29) is 0 Å². The average Bonchev–Trinajstić information content (AvgIpc) is 2.90. The Balaban J connectivity index is 2.03. The van der Waals surface area contributed by atoms with Gasteiger partial charge in [-0.3, -0.25) is 0 Å². The third-order valence-electron chi connectivity index (χ3n) is 2.65. The van der Waals surface area contributed by atoms with E-state index in [1.54, 1.807) is 0 Å². The molecule has 96 valence electrons. The van der Waals surface area contributed by atoms with Crippen LogP contribution in [-0.2, 0) is 6.54 Å². The monoisotopic (exact) mass is 291 g/mol. The van der Waals surface area contributed by atoms with Gasteiger partial charge in [0.25, 0.3) is 5.19 Å². The molecule has 3 rings (SSSR count). The maximum atomic E-state index is 6.16. The number of nitrogens with zero attached hydrogens (tertiary/aromatic N) is 2. The maximum absolute atomic E-state index is 6.16. The van der Waals surface area contributed by atoms with Crippen LogP contribution in [0.5, 0.6) is 10.9 Å². The lowest BCUT2D eigenvalue weighted by Gasteiger charge is -2.07. The summed E-state index contributed by atoms with van der Waals surface area (Å²) in [5.41, 5.74) is 5.50. The normalized spacial score (nSPS) is 10.8. The van der Waals surface area contributed by atoms with Gasteiger partial charge in [-0.05, 0) is 12.1 Å². The van der Waals surface area contributed by atoms with Crippen LogP contribution in [0.25, 0.3) is 10.8 Å². The van der Waals surface area contributed by atoms with Crippen LogP contribution in [0.3, 0.4) is 0 Å². The quantitative estimate of drug-likeness (QED) is 0.801. The summed E-state index contributed by atoms with van der Waals surface area (Å²) in [6.45, 7) is 0.363. The largest absolute Gasteiger partial charge is 0.429 e. The SMILES string of the molecule is NCc1nnc(Oc2ccc(Cl)c3ccccc23)s1. The molecule has 0 unspecified atom stereocenters. The third-order valence-corrected chi connectivity index (χ3v) is 3.80. The zero-order chi connectivity index (χ0) is 13.2. The number of aromatic nitrogens is 2. The highest BCUT2D eigenvalue weighted by Crippen LogP contribution is 2.34. The highest BCUT2D eigenvalue weighted by molar-refractivity contribution is 7.13. The fourth-order valence-corrected chi connectivity index (χ4v) is 2.59. The fourth-order valence-electron chi connectivity index (χ4n) is 1.78. The smallest absolute Gasteiger partial charge is 0.299 e. The van der Waals surface area contributed by atoms with Gasteiger partial charge in [0.1, 0.15) is 10.8 Å². The van der Waals surface area contributed by atoms with Gasteiger partial charge in [-0.2, -0.15) is 0 Å². The van der Waals surface area contributed by atoms with Crippen molar-refractivity contribution in [2.75, 3.05) is 0 Å². The topological polar surface area (TPSA) is 61.0 Å². The summed E-state index contributed by atoms with van der Waals surface area (Å²) in [5.74, 6) is 0.708. The molecule has 0 saturated heterocycles. The van der Waals surface area contributed by atoms with Crippen LogP contribution in [0.2, 0.25) is 5.02 Å². The Bertz CT molecular complexity index is 729. The first-order valence-corrected chi connectivity index (χ1v) is 6.85. The second-order valence-corrected chi connectivity index (χ2v) is 5.29. The molecule has 3 aromatic rings. The van der Waals surface area contributed by atoms with Crippen LogP contribution in [0.1, 0.15) is 5.01 Å². The molecule has 0 spiro atoms. The summed E-state index contributed by atoms with van der Waals surface area (Å²) in [7, 11) is 0. The molecule has 0 amide bonds. The first-order chi connectivity index (χ1) is 9.28. The lowest BCUT2D eigenvalue weighted by molar-refractivity contribution is 0.478. The molecule has 2 aromatic carbocycles. The molecule has 1 aromatic heterocycles. The van der Waals surface area contributed by atoms with Crippen molar-refractivity contribution in [2.45, 2.75) is 6.54 Å². The Morgan fingerprint density at radius 2 is 1.89 bits per heavy atom. The summed E-state index contributed by atoms with van der Waals surface area (Å²) in [6, 6.07) is 11.4. The van der Waals surface area contributed by atoms with Gasteiger partial charge < -0.3 is 10.5 Å². The van der Waals surface area contributed by atoms with Crippen molar-refractivity contribution < 1.29 is 4.74 Å². The summed E-state index contributed by atoms with van der Waals surface area (Å²) in [4.78, 5) is 0.